The molecule has 6 rings (SSSR count). The average molecular weight is 491 g/mol. The minimum absolute atomic E-state index is 0.00466. The molecule has 3 aromatic heterocycles. The summed E-state index contributed by atoms with van der Waals surface area (Å²) < 4.78 is 3.84. The van der Waals surface area contributed by atoms with Gasteiger partial charge in [-0.05, 0) is 67.3 Å². The number of rotatable bonds is 4. The van der Waals surface area contributed by atoms with E-state index in [0.29, 0.717) is 5.82 Å². The van der Waals surface area contributed by atoms with E-state index in [0.717, 1.165) is 46.6 Å². The van der Waals surface area contributed by atoms with Gasteiger partial charge >= 0.3 is 0 Å². The third-order valence-corrected chi connectivity index (χ3v) is 7.11. The highest BCUT2D eigenvalue weighted by molar-refractivity contribution is 5.96. The molecule has 2 aromatic carbocycles. The van der Waals surface area contributed by atoms with Gasteiger partial charge in [-0.1, -0.05) is 44.5 Å². The van der Waals surface area contributed by atoms with Crippen LogP contribution in [0.25, 0.3) is 22.5 Å². The van der Waals surface area contributed by atoms with Crippen molar-refractivity contribution in [3.05, 3.63) is 95.6 Å². The van der Waals surface area contributed by atoms with Crippen molar-refractivity contribution < 1.29 is 4.79 Å². The number of aryl methyl sites for hydroxylation is 2. The summed E-state index contributed by atoms with van der Waals surface area (Å²) in [5.74, 6) is 0.482. The lowest BCUT2D eigenvalue weighted by atomic mass is 9.92. The second-order valence-electron chi connectivity index (χ2n) is 10.8. The van der Waals surface area contributed by atoms with Crippen molar-refractivity contribution >= 4 is 22.9 Å². The number of carbonyl (C=O) groups excluding carboxylic acids is 1. The van der Waals surface area contributed by atoms with Crippen molar-refractivity contribution in [3.8, 4) is 11.4 Å². The van der Waals surface area contributed by atoms with Gasteiger partial charge in [-0.25, -0.2) is 14.6 Å². The fourth-order valence-electron chi connectivity index (χ4n) is 5.00. The molecule has 3 heterocycles. The molecule has 0 bridgehead atoms. The van der Waals surface area contributed by atoms with Crippen molar-refractivity contribution in [1.29, 1.82) is 0 Å². The molecule has 186 valence electrons. The van der Waals surface area contributed by atoms with Crippen molar-refractivity contribution in [1.82, 2.24) is 24.3 Å². The van der Waals surface area contributed by atoms with Crippen LogP contribution in [-0.4, -0.2) is 30.2 Å². The summed E-state index contributed by atoms with van der Waals surface area (Å²) >= 11 is 0. The molecule has 0 saturated carbocycles. The topological polar surface area (TPSA) is 77.6 Å². The van der Waals surface area contributed by atoms with Crippen LogP contribution in [0.3, 0.4) is 0 Å². The normalized spacial score (nSPS) is 15.2. The van der Waals surface area contributed by atoms with Gasteiger partial charge in [-0.15, -0.1) is 0 Å². The Labute approximate surface area is 216 Å². The highest BCUT2D eigenvalue weighted by atomic mass is 16.2. The van der Waals surface area contributed by atoms with E-state index in [9.17, 15) is 4.79 Å². The van der Waals surface area contributed by atoms with Gasteiger partial charge in [0.05, 0.1) is 17.3 Å². The summed E-state index contributed by atoms with van der Waals surface area (Å²) in [6, 6.07) is 20.3. The maximum Gasteiger partial charge on any atom is 0.233 e. The number of imidazole rings is 1. The van der Waals surface area contributed by atoms with E-state index >= 15 is 0 Å². The third-order valence-electron chi connectivity index (χ3n) is 7.11. The van der Waals surface area contributed by atoms with Crippen LogP contribution in [-0.2, 0) is 16.6 Å². The third kappa shape index (κ3) is 4.20. The molecule has 0 saturated heterocycles. The fraction of sp³-hybridized carbons (Fsp3) is 0.267. The molecule has 1 aliphatic rings. The zero-order valence-corrected chi connectivity index (χ0v) is 21.6. The predicted molar refractivity (Wildman–Crippen MR) is 146 cm³/mol. The quantitative estimate of drug-likeness (QED) is 0.341. The Morgan fingerprint density at radius 1 is 1.00 bits per heavy atom. The Bertz CT molecular complexity index is 1620. The Balaban J connectivity index is 1.29. The molecule has 1 amide bonds. The van der Waals surface area contributed by atoms with Crippen LogP contribution in [0.2, 0.25) is 0 Å². The standard InChI is InChI=1S/C30H30N6O/c1-19-7-10-21(11-8-19)36-27(17-26(34-36)30(2,3)4)33-29(37)24-13-9-20-16-22(12-14-23(20)24)35-18-32-25-6-5-15-31-28(25)35/h5-8,10-12,14-18,24H,9,13H2,1-4H3,(H,33,37)/t24-/m1/s1. The van der Waals surface area contributed by atoms with E-state index < -0.39 is 0 Å². The number of hydrogen-bond acceptors (Lipinski definition) is 4. The number of hydrogen-bond donors (Lipinski definition) is 1. The zero-order chi connectivity index (χ0) is 25.7. The molecule has 37 heavy (non-hydrogen) atoms. The minimum atomic E-state index is -0.207. The molecule has 1 N–H and O–H groups in total. The second-order valence-corrected chi connectivity index (χ2v) is 10.8. The first-order valence-electron chi connectivity index (χ1n) is 12.7. The molecule has 0 radical (unpaired) electrons. The molecule has 1 atom stereocenters. The molecule has 0 fully saturated rings. The van der Waals surface area contributed by atoms with E-state index in [4.69, 9.17) is 5.10 Å². The molecular formula is C30H30N6O. The highest BCUT2D eigenvalue weighted by Crippen LogP contribution is 2.36. The Morgan fingerprint density at radius 2 is 1.78 bits per heavy atom. The molecule has 7 heteroatoms. The maximum absolute atomic E-state index is 13.6. The lowest BCUT2D eigenvalue weighted by molar-refractivity contribution is -0.117. The molecular weight excluding hydrogens is 460 g/mol. The average Bonchev–Trinajstić information content (AvgIpc) is 3.60. The number of anilines is 1. The number of carbonyl (C=O) groups is 1. The van der Waals surface area contributed by atoms with Crippen LogP contribution in [0.15, 0.2) is 73.2 Å². The van der Waals surface area contributed by atoms with Crippen LogP contribution < -0.4 is 5.32 Å². The summed E-state index contributed by atoms with van der Waals surface area (Å²) in [4.78, 5) is 22.5. The lowest BCUT2D eigenvalue weighted by Crippen LogP contribution is -2.21. The largest absolute Gasteiger partial charge is 0.310 e. The molecule has 5 aromatic rings. The number of aromatic nitrogens is 5. The van der Waals surface area contributed by atoms with Crippen LogP contribution in [0.4, 0.5) is 5.82 Å². The van der Waals surface area contributed by atoms with E-state index in [-0.39, 0.29) is 17.2 Å². The highest BCUT2D eigenvalue weighted by Gasteiger charge is 2.30. The first-order valence-corrected chi connectivity index (χ1v) is 12.7. The minimum Gasteiger partial charge on any atom is -0.310 e. The summed E-state index contributed by atoms with van der Waals surface area (Å²) in [6.45, 7) is 8.45. The summed E-state index contributed by atoms with van der Waals surface area (Å²) in [5.41, 5.74) is 7.86. The molecule has 1 aliphatic carbocycles. The van der Waals surface area contributed by atoms with Gasteiger partial charge in [0.15, 0.2) is 5.65 Å². The van der Waals surface area contributed by atoms with Crippen molar-refractivity contribution in [3.63, 3.8) is 0 Å². The van der Waals surface area contributed by atoms with Gasteiger partial charge in [-0.3, -0.25) is 9.36 Å². The van der Waals surface area contributed by atoms with Gasteiger partial charge in [0.2, 0.25) is 5.91 Å². The summed E-state index contributed by atoms with van der Waals surface area (Å²) in [6.07, 6.45) is 5.21. The maximum atomic E-state index is 13.6. The van der Waals surface area contributed by atoms with Gasteiger partial charge in [-0.2, -0.15) is 5.10 Å². The van der Waals surface area contributed by atoms with Crippen molar-refractivity contribution in [2.24, 2.45) is 0 Å². The summed E-state index contributed by atoms with van der Waals surface area (Å²) in [7, 11) is 0. The number of pyridine rings is 1. The van der Waals surface area contributed by atoms with Gasteiger partial charge in [0.1, 0.15) is 17.7 Å². The SMILES string of the molecule is Cc1ccc(-n2nc(C(C)(C)C)cc2NC(=O)[C@@H]2CCc3cc(-n4cnc5cccnc54)ccc32)cc1. The van der Waals surface area contributed by atoms with Crippen LogP contribution in [0, 0.1) is 6.92 Å². The zero-order valence-electron chi connectivity index (χ0n) is 21.6. The van der Waals surface area contributed by atoms with E-state index in [1.54, 1.807) is 12.5 Å². The number of nitrogens with zero attached hydrogens (tertiary/aromatic N) is 5. The smallest absolute Gasteiger partial charge is 0.233 e. The fourth-order valence-corrected chi connectivity index (χ4v) is 5.00. The van der Waals surface area contributed by atoms with Crippen LogP contribution in [0.5, 0.6) is 0 Å². The van der Waals surface area contributed by atoms with Crippen molar-refractivity contribution in [2.75, 3.05) is 5.32 Å². The monoisotopic (exact) mass is 490 g/mol. The molecule has 7 nitrogen and oxygen atoms in total. The van der Waals surface area contributed by atoms with E-state index in [1.165, 1.54) is 11.1 Å². The Morgan fingerprint density at radius 3 is 2.57 bits per heavy atom. The predicted octanol–water partition coefficient (Wildman–Crippen LogP) is 5.88. The van der Waals surface area contributed by atoms with E-state index in [1.807, 2.05) is 39.6 Å². The first kappa shape index (κ1) is 23.2. The van der Waals surface area contributed by atoms with E-state index in [2.05, 4.69) is 73.3 Å². The molecule has 0 unspecified atom stereocenters. The Hall–Kier alpha value is -4.26. The molecule has 0 aliphatic heterocycles. The van der Waals surface area contributed by atoms with Gasteiger partial charge in [0, 0.05) is 23.4 Å². The second kappa shape index (κ2) is 8.69. The number of fused-ring (bicyclic) bond motifs is 2. The van der Waals surface area contributed by atoms with Crippen molar-refractivity contribution in [2.45, 2.75) is 51.9 Å². The number of amides is 1. The van der Waals surface area contributed by atoms with Crippen LogP contribution in [0.1, 0.15) is 55.5 Å². The number of nitrogens with one attached hydrogen (secondary N) is 1. The van der Waals surface area contributed by atoms with Gasteiger partial charge in [0.25, 0.3) is 0 Å². The molecule has 0 spiro atoms. The summed E-state index contributed by atoms with van der Waals surface area (Å²) in [5, 5.41) is 8.06. The van der Waals surface area contributed by atoms with Gasteiger partial charge < -0.3 is 5.32 Å². The van der Waals surface area contributed by atoms with Crippen LogP contribution >= 0.6 is 0 Å². The Kier molecular flexibility index (Phi) is 5.44. The number of benzene rings is 2. The first-order chi connectivity index (χ1) is 17.8. The lowest BCUT2D eigenvalue weighted by Gasteiger charge is -2.14.